The van der Waals surface area contributed by atoms with Gasteiger partial charge in [-0.05, 0) is 57.4 Å². The van der Waals surface area contributed by atoms with E-state index >= 15 is 0 Å². The van der Waals surface area contributed by atoms with Crippen LogP contribution >= 0.6 is 35.3 Å². The number of furan rings is 1. The highest BCUT2D eigenvalue weighted by atomic mass is 35.5. The van der Waals surface area contributed by atoms with Crippen molar-refractivity contribution in [3.63, 3.8) is 0 Å². The van der Waals surface area contributed by atoms with Crippen molar-refractivity contribution in [1.29, 1.82) is 0 Å². The fraction of sp³-hybridized carbons (Fsp3) is 0.294. The van der Waals surface area contributed by atoms with Crippen LogP contribution in [0.3, 0.4) is 0 Å². The zero-order valence-electron chi connectivity index (χ0n) is 13.9. The van der Waals surface area contributed by atoms with Gasteiger partial charge in [0, 0.05) is 11.6 Å². The lowest BCUT2D eigenvalue weighted by Gasteiger charge is -2.19. The third-order valence-electron chi connectivity index (χ3n) is 3.53. The van der Waals surface area contributed by atoms with E-state index in [1.807, 2.05) is 26.2 Å². The minimum absolute atomic E-state index is 0. The first-order valence-corrected chi connectivity index (χ1v) is 8.80. The Bertz CT molecular complexity index is 834. The summed E-state index contributed by atoms with van der Waals surface area (Å²) in [5.41, 5.74) is 0.837. The molecule has 0 atom stereocenters. The van der Waals surface area contributed by atoms with Gasteiger partial charge in [0.15, 0.2) is 10.9 Å². The molecule has 3 rings (SSSR count). The molecule has 5 nitrogen and oxygen atoms in total. The highest BCUT2D eigenvalue weighted by Crippen LogP contribution is 2.31. The molecule has 0 aliphatic carbocycles. The van der Waals surface area contributed by atoms with Gasteiger partial charge in [0.25, 0.3) is 5.91 Å². The predicted octanol–water partition coefficient (Wildman–Crippen LogP) is 4.56. The largest absolute Gasteiger partial charge is 0.459 e. The molecule has 1 aromatic carbocycles. The Kier molecular flexibility index (Phi) is 6.84. The van der Waals surface area contributed by atoms with Crippen LogP contribution in [0.2, 0.25) is 5.02 Å². The number of hydrogen-bond donors (Lipinski definition) is 0. The number of aromatic nitrogens is 1. The smallest absolute Gasteiger partial charge is 0.295 e. The van der Waals surface area contributed by atoms with Crippen LogP contribution in [0.15, 0.2) is 41.0 Å². The summed E-state index contributed by atoms with van der Waals surface area (Å²) in [4.78, 5) is 21.2. The molecule has 8 heteroatoms. The highest BCUT2D eigenvalue weighted by Gasteiger charge is 2.23. The Balaban J connectivity index is 0.00000225. The molecule has 1 amide bonds. The van der Waals surface area contributed by atoms with Crippen LogP contribution < -0.4 is 4.90 Å². The number of thiazole rings is 1. The monoisotopic (exact) mass is 399 g/mol. The molecular formula is C17H19Cl2N3O2S. The summed E-state index contributed by atoms with van der Waals surface area (Å²) in [6.45, 7) is 1.46. The zero-order valence-corrected chi connectivity index (χ0v) is 16.3. The maximum absolute atomic E-state index is 12.8. The van der Waals surface area contributed by atoms with Crippen molar-refractivity contribution < 1.29 is 9.21 Å². The van der Waals surface area contributed by atoms with Crippen LogP contribution in [0.1, 0.15) is 17.0 Å². The molecular weight excluding hydrogens is 381 g/mol. The van der Waals surface area contributed by atoms with Crippen molar-refractivity contribution in [1.82, 2.24) is 9.88 Å². The number of anilines is 1. The molecule has 0 saturated carbocycles. The summed E-state index contributed by atoms with van der Waals surface area (Å²) >= 11 is 7.51. The molecule has 0 radical (unpaired) electrons. The standard InChI is InChI=1S/C17H18ClN3O2S.ClH/c1-20(2)8-4-9-21(16(22)14-5-3-10-23-14)17-19-13-7-6-12(18)11-15(13)24-17;/h3,5-7,10-11H,4,8-9H2,1-2H3;1H. The topological polar surface area (TPSA) is 49.6 Å². The van der Waals surface area contributed by atoms with Gasteiger partial charge >= 0.3 is 0 Å². The fourth-order valence-electron chi connectivity index (χ4n) is 2.36. The van der Waals surface area contributed by atoms with Gasteiger partial charge in [-0.25, -0.2) is 4.98 Å². The van der Waals surface area contributed by atoms with Gasteiger partial charge in [0.2, 0.25) is 0 Å². The average molecular weight is 400 g/mol. The van der Waals surface area contributed by atoms with Crippen LogP contribution in [0, 0.1) is 0 Å². The first kappa shape index (κ1) is 19.7. The lowest BCUT2D eigenvalue weighted by Crippen LogP contribution is -2.33. The van der Waals surface area contributed by atoms with Gasteiger partial charge < -0.3 is 9.32 Å². The van der Waals surface area contributed by atoms with Crippen molar-refractivity contribution in [2.75, 3.05) is 32.1 Å². The lowest BCUT2D eigenvalue weighted by atomic mass is 10.3. The van der Waals surface area contributed by atoms with E-state index in [0.29, 0.717) is 22.5 Å². The van der Waals surface area contributed by atoms with Crippen LogP contribution in [0.4, 0.5) is 5.13 Å². The molecule has 134 valence electrons. The van der Waals surface area contributed by atoms with Gasteiger partial charge in [-0.1, -0.05) is 22.9 Å². The van der Waals surface area contributed by atoms with Crippen LogP contribution in [-0.4, -0.2) is 43.0 Å². The predicted molar refractivity (Wildman–Crippen MR) is 105 cm³/mol. The minimum atomic E-state index is -0.177. The maximum atomic E-state index is 12.8. The van der Waals surface area contributed by atoms with E-state index in [0.717, 1.165) is 23.2 Å². The van der Waals surface area contributed by atoms with Crippen molar-refractivity contribution in [3.8, 4) is 0 Å². The molecule has 3 aromatic rings. The van der Waals surface area contributed by atoms with Gasteiger partial charge in [-0.2, -0.15) is 0 Å². The van der Waals surface area contributed by atoms with Crippen LogP contribution in [-0.2, 0) is 0 Å². The number of carbonyl (C=O) groups excluding carboxylic acids is 1. The van der Waals surface area contributed by atoms with Crippen molar-refractivity contribution in [3.05, 3.63) is 47.4 Å². The quantitative estimate of drug-likeness (QED) is 0.609. The summed E-state index contributed by atoms with van der Waals surface area (Å²) in [6.07, 6.45) is 2.35. The summed E-state index contributed by atoms with van der Waals surface area (Å²) in [5, 5.41) is 1.32. The average Bonchev–Trinajstić information content (AvgIpc) is 3.19. The number of fused-ring (bicyclic) bond motifs is 1. The van der Waals surface area contributed by atoms with E-state index in [1.54, 1.807) is 23.1 Å². The fourth-order valence-corrected chi connectivity index (χ4v) is 3.63. The number of rotatable bonds is 6. The SMILES string of the molecule is CN(C)CCCN(C(=O)c1ccco1)c1nc2ccc(Cl)cc2s1.Cl. The van der Waals surface area contributed by atoms with E-state index in [9.17, 15) is 4.79 Å². The lowest BCUT2D eigenvalue weighted by molar-refractivity contribution is 0.0959. The van der Waals surface area contributed by atoms with E-state index in [4.69, 9.17) is 16.0 Å². The molecule has 0 aliphatic rings. The van der Waals surface area contributed by atoms with E-state index in [1.165, 1.54) is 17.6 Å². The van der Waals surface area contributed by atoms with Gasteiger partial charge in [0.05, 0.1) is 16.5 Å². The second-order valence-electron chi connectivity index (χ2n) is 5.70. The molecule has 0 saturated heterocycles. The van der Waals surface area contributed by atoms with Gasteiger partial charge in [-0.15, -0.1) is 12.4 Å². The molecule has 0 bridgehead atoms. The molecule has 2 aromatic heterocycles. The van der Waals surface area contributed by atoms with Crippen molar-refractivity contribution >= 4 is 56.6 Å². The molecule has 0 unspecified atom stereocenters. The Labute approximate surface area is 161 Å². The zero-order chi connectivity index (χ0) is 17.1. The number of carbonyl (C=O) groups is 1. The third kappa shape index (κ3) is 4.73. The molecule has 0 spiro atoms. The molecule has 0 fully saturated rings. The van der Waals surface area contributed by atoms with Crippen molar-refractivity contribution in [2.45, 2.75) is 6.42 Å². The molecule has 0 N–H and O–H groups in total. The normalized spacial score (nSPS) is 10.9. The Morgan fingerprint density at radius 1 is 1.28 bits per heavy atom. The number of halogens is 2. The number of benzene rings is 1. The van der Waals surface area contributed by atoms with Gasteiger partial charge in [0.1, 0.15) is 0 Å². The highest BCUT2D eigenvalue weighted by molar-refractivity contribution is 7.22. The molecule has 25 heavy (non-hydrogen) atoms. The second-order valence-corrected chi connectivity index (χ2v) is 7.14. The summed E-state index contributed by atoms with van der Waals surface area (Å²) in [5.74, 6) is 0.140. The summed E-state index contributed by atoms with van der Waals surface area (Å²) in [6, 6.07) is 8.92. The van der Waals surface area contributed by atoms with Crippen molar-refractivity contribution in [2.24, 2.45) is 0 Å². The summed E-state index contributed by atoms with van der Waals surface area (Å²) < 4.78 is 6.23. The Morgan fingerprint density at radius 2 is 2.08 bits per heavy atom. The first-order chi connectivity index (χ1) is 11.5. The first-order valence-electron chi connectivity index (χ1n) is 7.61. The molecule has 0 aliphatic heterocycles. The minimum Gasteiger partial charge on any atom is -0.459 e. The Hall–Kier alpha value is -1.60. The van der Waals surface area contributed by atoms with Crippen LogP contribution in [0.5, 0.6) is 0 Å². The number of amides is 1. The van der Waals surface area contributed by atoms with Crippen LogP contribution in [0.25, 0.3) is 10.2 Å². The number of nitrogens with zero attached hydrogens (tertiary/aromatic N) is 3. The van der Waals surface area contributed by atoms with E-state index in [-0.39, 0.29) is 18.3 Å². The maximum Gasteiger partial charge on any atom is 0.295 e. The molecule has 2 heterocycles. The second kappa shape index (κ2) is 8.67. The number of hydrogen-bond acceptors (Lipinski definition) is 5. The van der Waals surface area contributed by atoms with E-state index in [2.05, 4.69) is 9.88 Å². The van der Waals surface area contributed by atoms with E-state index < -0.39 is 0 Å². The third-order valence-corrected chi connectivity index (χ3v) is 4.81. The van der Waals surface area contributed by atoms with Gasteiger partial charge in [-0.3, -0.25) is 9.69 Å². The Morgan fingerprint density at radius 3 is 2.76 bits per heavy atom. The summed E-state index contributed by atoms with van der Waals surface area (Å²) in [7, 11) is 4.02.